The second-order valence-electron chi connectivity index (χ2n) is 4.07. The van der Waals surface area contributed by atoms with Crippen LogP contribution in [0.15, 0.2) is 36.5 Å². The molecule has 0 aliphatic heterocycles. The van der Waals surface area contributed by atoms with E-state index in [9.17, 15) is 22.8 Å². The van der Waals surface area contributed by atoms with Crippen LogP contribution in [0.5, 0.6) is 0 Å². The van der Waals surface area contributed by atoms with E-state index in [2.05, 4.69) is 5.10 Å². The summed E-state index contributed by atoms with van der Waals surface area (Å²) in [5, 5.41) is 3.67. The molecule has 1 heterocycles. The molecule has 0 bridgehead atoms. The van der Waals surface area contributed by atoms with Crippen LogP contribution in [0.1, 0.15) is 26.4 Å². The average molecular weight is 282 g/mol. The van der Waals surface area contributed by atoms with Gasteiger partial charge in [-0.25, -0.2) is 4.68 Å². The standard InChI is InChI=1S/C13H9F3N2O2/c1-8-10(11(19)13(14,15)16)7-18(17-8)12(20)9-5-3-2-4-6-9/h2-7H,1H3. The second-order valence-corrected chi connectivity index (χ2v) is 4.07. The zero-order valence-electron chi connectivity index (χ0n) is 10.3. The van der Waals surface area contributed by atoms with Gasteiger partial charge in [0, 0.05) is 11.8 Å². The van der Waals surface area contributed by atoms with Crippen molar-refractivity contribution >= 4 is 11.7 Å². The highest BCUT2D eigenvalue weighted by Gasteiger charge is 2.41. The Hall–Kier alpha value is -2.44. The molecular weight excluding hydrogens is 273 g/mol. The summed E-state index contributed by atoms with van der Waals surface area (Å²) in [7, 11) is 0. The number of carbonyl (C=O) groups excluding carboxylic acids is 2. The zero-order chi connectivity index (χ0) is 14.9. The fraction of sp³-hybridized carbons (Fsp3) is 0.154. The maximum Gasteiger partial charge on any atom is 0.454 e. The van der Waals surface area contributed by atoms with Gasteiger partial charge in [-0.3, -0.25) is 9.59 Å². The van der Waals surface area contributed by atoms with Crippen LogP contribution in [0.2, 0.25) is 0 Å². The average Bonchev–Trinajstić information content (AvgIpc) is 2.79. The molecule has 104 valence electrons. The molecule has 0 aliphatic rings. The Kier molecular flexibility index (Phi) is 3.44. The Morgan fingerprint density at radius 2 is 1.75 bits per heavy atom. The largest absolute Gasteiger partial charge is 0.454 e. The minimum atomic E-state index is -4.99. The molecule has 0 fully saturated rings. The van der Waals surface area contributed by atoms with Crippen LogP contribution in [-0.4, -0.2) is 27.6 Å². The van der Waals surface area contributed by atoms with Crippen LogP contribution >= 0.6 is 0 Å². The molecule has 0 radical (unpaired) electrons. The van der Waals surface area contributed by atoms with Crippen LogP contribution in [-0.2, 0) is 0 Å². The number of aromatic nitrogens is 2. The van der Waals surface area contributed by atoms with Crippen molar-refractivity contribution in [3.05, 3.63) is 53.3 Å². The predicted molar refractivity (Wildman–Crippen MR) is 63.5 cm³/mol. The molecular formula is C13H9F3N2O2. The monoisotopic (exact) mass is 282 g/mol. The van der Waals surface area contributed by atoms with Crippen LogP contribution in [0.4, 0.5) is 13.2 Å². The number of benzene rings is 1. The molecule has 4 nitrogen and oxygen atoms in total. The van der Waals surface area contributed by atoms with Gasteiger partial charge >= 0.3 is 6.18 Å². The van der Waals surface area contributed by atoms with Crippen LogP contribution in [0.25, 0.3) is 0 Å². The third-order valence-electron chi connectivity index (χ3n) is 2.63. The van der Waals surface area contributed by atoms with Gasteiger partial charge in [-0.15, -0.1) is 0 Å². The second kappa shape index (κ2) is 4.92. The number of aryl methyl sites for hydroxylation is 1. The van der Waals surface area contributed by atoms with Gasteiger partial charge in [-0.2, -0.15) is 18.3 Å². The maximum atomic E-state index is 12.4. The third kappa shape index (κ3) is 2.61. The SMILES string of the molecule is Cc1nn(C(=O)c2ccccc2)cc1C(=O)C(F)(F)F. The van der Waals surface area contributed by atoms with Crippen molar-refractivity contribution < 1.29 is 22.8 Å². The van der Waals surface area contributed by atoms with E-state index < -0.39 is 23.4 Å². The van der Waals surface area contributed by atoms with Crippen LogP contribution in [0.3, 0.4) is 0 Å². The first-order chi connectivity index (χ1) is 9.30. The molecule has 0 saturated carbocycles. The Balaban J connectivity index is 2.38. The number of nitrogens with zero attached hydrogens (tertiary/aromatic N) is 2. The van der Waals surface area contributed by atoms with Gasteiger partial charge in [-0.05, 0) is 19.1 Å². The molecule has 1 aromatic heterocycles. The summed E-state index contributed by atoms with van der Waals surface area (Å²) < 4.78 is 37.9. The fourth-order valence-corrected chi connectivity index (χ4v) is 1.65. The van der Waals surface area contributed by atoms with Crippen molar-refractivity contribution in [3.63, 3.8) is 0 Å². The Labute approximate surface area is 111 Å². The lowest BCUT2D eigenvalue weighted by atomic mass is 10.1. The lowest BCUT2D eigenvalue weighted by Crippen LogP contribution is -2.23. The van der Waals surface area contributed by atoms with Crippen molar-refractivity contribution in [1.82, 2.24) is 9.78 Å². The van der Waals surface area contributed by atoms with Gasteiger partial charge in [0.1, 0.15) is 0 Å². The highest BCUT2D eigenvalue weighted by atomic mass is 19.4. The van der Waals surface area contributed by atoms with Crippen LogP contribution in [0, 0.1) is 6.92 Å². The van der Waals surface area contributed by atoms with Crippen molar-refractivity contribution in [2.75, 3.05) is 0 Å². The molecule has 2 rings (SSSR count). The van der Waals surface area contributed by atoms with Gasteiger partial charge in [0.05, 0.1) is 11.3 Å². The van der Waals surface area contributed by atoms with E-state index in [4.69, 9.17) is 0 Å². The van der Waals surface area contributed by atoms with Crippen LogP contribution < -0.4 is 0 Å². The molecule has 0 spiro atoms. The van der Waals surface area contributed by atoms with Crippen molar-refractivity contribution in [1.29, 1.82) is 0 Å². The molecule has 0 aliphatic carbocycles. The first-order valence-electron chi connectivity index (χ1n) is 5.58. The summed E-state index contributed by atoms with van der Waals surface area (Å²) in [4.78, 5) is 23.2. The van der Waals surface area contributed by atoms with Crippen molar-refractivity contribution in [2.45, 2.75) is 13.1 Å². The van der Waals surface area contributed by atoms with Gasteiger partial charge in [0.25, 0.3) is 11.7 Å². The van der Waals surface area contributed by atoms with E-state index in [1.54, 1.807) is 18.2 Å². The molecule has 0 saturated heterocycles. The predicted octanol–water partition coefficient (Wildman–Crippen LogP) is 2.63. The summed E-state index contributed by atoms with van der Waals surface area (Å²) in [5.41, 5.74) is -0.501. The lowest BCUT2D eigenvalue weighted by molar-refractivity contribution is -0.0885. The quantitative estimate of drug-likeness (QED) is 0.796. The summed E-state index contributed by atoms with van der Waals surface area (Å²) in [6.07, 6.45) is -4.19. The molecule has 0 N–H and O–H groups in total. The summed E-state index contributed by atoms with van der Waals surface area (Å²) in [5.74, 6) is -2.61. The van der Waals surface area contributed by atoms with E-state index in [1.807, 2.05) is 0 Å². The third-order valence-corrected chi connectivity index (χ3v) is 2.63. The summed E-state index contributed by atoms with van der Waals surface area (Å²) >= 11 is 0. The minimum absolute atomic E-state index is 0.142. The topological polar surface area (TPSA) is 52.0 Å². The molecule has 2 aromatic rings. The van der Waals surface area contributed by atoms with E-state index >= 15 is 0 Å². The Bertz CT molecular complexity index is 660. The number of rotatable bonds is 2. The summed E-state index contributed by atoms with van der Waals surface area (Å²) in [6.45, 7) is 1.24. The number of alkyl halides is 3. The van der Waals surface area contributed by atoms with E-state index in [0.29, 0.717) is 0 Å². The van der Waals surface area contributed by atoms with Crippen molar-refractivity contribution in [2.24, 2.45) is 0 Å². The molecule has 7 heteroatoms. The molecule has 0 amide bonds. The molecule has 0 unspecified atom stereocenters. The zero-order valence-corrected chi connectivity index (χ0v) is 10.3. The van der Waals surface area contributed by atoms with Gasteiger partial charge < -0.3 is 0 Å². The number of Topliss-reactive ketones (excluding diaryl/α,β-unsaturated/α-hetero) is 1. The highest BCUT2D eigenvalue weighted by molar-refractivity contribution is 6.02. The fourth-order valence-electron chi connectivity index (χ4n) is 1.65. The normalized spacial score (nSPS) is 11.4. The van der Waals surface area contributed by atoms with Crippen molar-refractivity contribution in [3.8, 4) is 0 Å². The molecule has 20 heavy (non-hydrogen) atoms. The summed E-state index contributed by atoms with van der Waals surface area (Å²) in [6, 6.07) is 7.94. The Morgan fingerprint density at radius 1 is 1.15 bits per heavy atom. The molecule has 1 aromatic carbocycles. The number of ketones is 1. The van der Waals surface area contributed by atoms with Gasteiger partial charge in [-0.1, -0.05) is 18.2 Å². The number of hydrogen-bond acceptors (Lipinski definition) is 3. The first-order valence-corrected chi connectivity index (χ1v) is 5.58. The number of halogens is 3. The van der Waals surface area contributed by atoms with Gasteiger partial charge in [0.2, 0.25) is 0 Å². The van der Waals surface area contributed by atoms with E-state index in [0.717, 1.165) is 10.9 Å². The number of carbonyl (C=O) groups is 2. The maximum absolute atomic E-state index is 12.4. The molecule has 0 atom stereocenters. The first kappa shape index (κ1) is 14.0. The highest BCUT2D eigenvalue weighted by Crippen LogP contribution is 2.23. The minimum Gasteiger partial charge on any atom is -0.284 e. The van der Waals surface area contributed by atoms with E-state index in [-0.39, 0.29) is 11.3 Å². The Morgan fingerprint density at radius 3 is 2.30 bits per heavy atom. The van der Waals surface area contributed by atoms with E-state index in [1.165, 1.54) is 19.1 Å². The number of hydrogen-bond donors (Lipinski definition) is 0. The lowest BCUT2D eigenvalue weighted by Gasteiger charge is -2.02. The van der Waals surface area contributed by atoms with Gasteiger partial charge in [0.15, 0.2) is 0 Å². The smallest absolute Gasteiger partial charge is 0.284 e.